The molecule has 0 aliphatic carbocycles. The molecule has 2 saturated heterocycles. The van der Waals surface area contributed by atoms with Crippen LogP contribution in [-0.2, 0) is 14.3 Å². The molecule has 2 fully saturated rings. The Kier molecular flexibility index (Phi) is 4.51. The molecule has 5 nitrogen and oxygen atoms in total. The molecule has 21 heavy (non-hydrogen) atoms. The zero-order valence-electron chi connectivity index (χ0n) is 11.9. The van der Waals surface area contributed by atoms with E-state index in [9.17, 15) is 9.59 Å². The quantitative estimate of drug-likeness (QED) is 0.846. The summed E-state index contributed by atoms with van der Waals surface area (Å²) in [6.07, 6.45) is 0. The van der Waals surface area contributed by atoms with Crippen LogP contribution in [0.25, 0.3) is 0 Å². The summed E-state index contributed by atoms with van der Waals surface area (Å²) in [6, 6.07) is 1.61. The number of amides is 2. The molecule has 3 heterocycles. The number of nitrogens with zero attached hydrogens (tertiary/aromatic N) is 2. The van der Waals surface area contributed by atoms with Gasteiger partial charge in [-0.1, -0.05) is 0 Å². The number of ether oxygens (including phenoxy) is 1. The van der Waals surface area contributed by atoms with Crippen LogP contribution in [0.4, 0.5) is 0 Å². The molecule has 0 bridgehead atoms. The summed E-state index contributed by atoms with van der Waals surface area (Å²) >= 11 is 3.21. The summed E-state index contributed by atoms with van der Waals surface area (Å²) in [6.45, 7) is 4.22. The largest absolute Gasteiger partial charge is 0.378 e. The van der Waals surface area contributed by atoms with Crippen molar-refractivity contribution in [3.05, 3.63) is 22.4 Å². The minimum absolute atomic E-state index is 0.0226. The molecule has 7 heteroatoms. The van der Waals surface area contributed by atoms with Crippen LogP contribution >= 0.6 is 23.1 Å². The molecular weight excluding hydrogens is 308 g/mol. The molecule has 0 saturated carbocycles. The highest BCUT2D eigenvalue weighted by Crippen LogP contribution is 2.40. The second-order valence-electron chi connectivity index (χ2n) is 5.13. The zero-order valence-corrected chi connectivity index (χ0v) is 13.5. The summed E-state index contributed by atoms with van der Waals surface area (Å²) in [5.74, 6) is 0.515. The smallest absolute Gasteiger partial charge is 0.245 e. The van der Waals surface area contributed by atoms with Crippen molar-refractivity contribution in [1.82, 2.24) is 9.80 Å². The van der Waals surface area contributed by atoms with Crippen LogP contribution in [0.1, 0.15) is 17.9 Å². The SMILES string of the molecule is CC(C(=O)N1CCOCC1)N1C(=O)CSC1c1ccsc1. The van der Waals surface area contributed by atoms with Crippen LogP contribution in [-0.4, -0.2) is 59.7 Å². The minimum Gasteiger partial charge on any atom is -0.378 e. The third kappa shape index (κ3) is 2.95. The van der Waals surface area contributed by atoms with Gasteiger partial charge in [0.05, 0.1) is 19.0 Å². The average Bonchev–Trinajstić information content (AvgIpc) is 3.16. The van der Waals surface area contributed by atoms with Crippen LogP contribution in [0.2, 0.25) is 0 Å². The first-order chi connectivity index (χ1) is 10.2. The number of carbonyl (C=O) groups is 2. The van der Waals surface area contributed by atoms with Gasteiger partial charge in [-0.25, -0.2) is 0 Å². The molecule has 3 rings (SSSR count). The van der Waals surface area contributed by atoms with Crippen LogP contribution in [0.15, 0.2) is 16.8 Å². The summed E-state index contributed by atoms with van der Waals surface area (Å²) in [4.78, 5) is 28.4. The molecule has 1 aromatic heterocycles. The van der Waals surface area contributed by atoms with Crippen molar-refractivity contribution in [3.8, 4) is 0 Å². The van der Waals surface area contributed by atoms with Crippen LogP contribution < -0.4 is 0 Å². The van der Waals surface area contributed by atoms with Crippen molar-refractivity contribution in [2.75, 3.05) is 32.1 Å². The highest BCUT2D eigenvalue weighted by Gasteiger charge is 2.40. The Morgan fingerprint density at radius 1 is 1.43 bits per heavy atom. The first-order valence-corrected chi connectivity index (χ1v) is 8.99. The molecule has 2 unspecified atom stereocenters. The van der Waals surface area contributed by atoms with Gasteiger partial charge < -0.3 is 14.5 Å². The van der Waals surface area contributed by atoms with E-state index >= 15 is 0 Å². The summed E-state index contributed by atoms with van der Waals surface area (Å²) < 4.78 is 5.28. The lowest BCUT2D eigenvalue weighted by Gasteiger charge is -2.34. The summed E-state index contributed by atoms with van der Waals surface area (Å²) in [7, 11) is 0. The Bertz CT molecular complexity index is 514. The molecule has 0 spiro atoms. The molecule has 0 aromatic carbocycles. The van der Waals surface area contributed by atoms with E-state index < -0.39 is 6.04 Å². The third-order valence-electron chi connectivity index (χ3n) is 3.83. The Balaban J connectivity index is 1.76. The van der Waals surface area contributed by atoms with E-state index in [1.165, 1.54) is 0 Å². The fourth-order valence-electron chi connectivity index (χ4n) is 2.69. The fourth-order valence-corrected chi connectivity index (χ4v) is 4.71. The normalized spacial score (nSPS) is 24.4. The molecule has 0 N–H and O–H groups in total. The second kappa shape index (κ2) is 6.37. The predicted molar refractivity (Wildman–Crippen MR) is 83.2 cm³/mol. The van der Waals surface area contributed by atoms with Crippen LogP contribution in [0, 0.1) is 0 Å². The fraction of sp³-hybridized carbons (Fsp3) is 0.571. The Hall–Kier alpha value is -1.05. The molecule has 2 atom stereocenters. The monoisotopic (exact) mass is 326 g/mol. The number of morpholine rings is 1. The van der Waals surface area contributed by atoms with E-state index in [1.54, 1.807) is 32.9 Å². The number of hydrogen-bond acceptors (Lipinski definition) is 5. The van der Waals surface area contributed by atoms with Gasteiger partial charge in [0.25, 0.3) is 0 Å². The van der Waals surface area contributed by atoms with Gasteiger partial charge in [-0.3, -0.25) is 9.59 Å². The van der Waals surface area contributed by atoms with Crippen molar-refractivity contribution in [1.29, 1.82) is 0 Å². The van der Waals surface area contributed by atoms with Crippen molar-refractivity contribution < 1.29 is 14.3 Å². The van der Waals surface area contributed by atoms with E-state index in [4.69, 9.17) is 4.74 Å². The Morgan fingerprint density at radius 3 is 2.86 bits per heavy atom. The number of thiophene rings is 1. The number of carbonyl (C=O) groups excluding carboxylic acids is 2. The van der Waals surface area contributed by atoms with E-state index in [0.29, 0.717) is 32.1 Å². The lowest BCUT2D eigenvalue weighted by Crippen LogP contribution is -2.51. The maximum Gasteiger partial charge on any atom is 0.245 e. The van der Waals surface area contributed by atoms with Crippen LogP contribution in [0.5, 0.6) is 0 Å². The first-order valence-electron chi connectivity index (χ1n) is 7.00. The number of hydrogen-bond donors (Lipinski definition) is 0. The van der Waals surface area contributed by atoms with Gasteiger partial charge in [0, 0.05) is 13.1 Å². The molecular formula is C14H18N2O3S2. The third-order valence-corrected chi connectivity index (χ3v) is 5.76. The molecule has 2 aliphatic rings. The number of thioether (sulfide) groups is 1. The van der Waals surface area contributed by atoms with Crippen LogP contribution in [0.3, 0.4) is 0 Å². The lowest BCUT2D eigenvalue weighted by atomic mass is 10.2. The van der Waals surface area contributed by atoms with Crippen molar-refractivity contribution in [3.63, 3.8) is 0 Å². The second-order valence-corrected chi connectivity index (χ2v) is 6.98. The van der Waals surface area contributed by atoms with E-state index in [0.717, 1.165) is 5.56 Å². The minimum atomic E-state index is -0.421. The van der Waals surface area contributed by atoms with Crippen molar-refractivity contribution in [2.24, 2.45) is 0 Å². The lowest BCUT2D eigenvalue weighted by molar-refractivity contribution is -0.146. The summed E-state index contributed by atoms with van der Waals surface area (Å²) in [5, 5.41) is 4.02. The standard InChI is InChI=1S/C14H18N2O3S2/c1-10(13(18)15-3-5-19-6-4-15)16-12(17)9-21-14(16)11-2-7-20-8-11/h2,7-8,10,14H,3-6,9H2,1H3. The molecule has 0 radical (unpaired) electrons. The number of rotatable bonds is 3. The summed E-state index contributed by atoms with van der Waals surface area (Å²) in [5.41, 5.74) is 1.11. The van der Waals surface area contributed by atoms with E-state index in [-0.39, 0.29) is 17.2 Å². The Labute approximate surface area is 132 Å². The zero-order chi connectivity index (χ0) is 14.8. The van der Waals surface area contributed by atoms with Gasteiger partial charge >= 0.3 is 0 Å². The van der Waals surface area contributed by atoms with Gasteiger partial charge in [0.2, 0.25) is 11.8 Å². The van der Waals surface area contributed by atoms with E-state index in [1.807, 2.05) is 18.4 Å². The van der Waals surface area contributed by atoms with Crippen molar-refractivity contribution >= 4 is 34.9 Å². The molecule has 1 aromatic rings. The average molecular weight is 326 g/mol. The van der Waals surface area contributed by atoms with Gasteiger partial charge in [0.15, 0.2) is 0 Å². The predicted octanol–water partition coefficient (Wildman–Crippen LogP) is 1.57. The van der Waals surface area contributed by atoms with Gasteiger partial charge in [-0.15, -0.1) is 11.8 Å². The molecule has 114 valence electrons. The van der Waals surface area contributed by atoms with Gasteiger partial charge in [-0.05, 0) is 29.3 Å². The van der Waals surface area contributed by atoms with E-state index in [2.05, 4.69) is 5.38 Å². The highest BCUT2D eigenvalue weighted by molar-refractivity contribution is 8.00. The molecule has 2 amide bonds. The van der Waals surface area contributed by atoms with Crippen molar-refractivity contribution in [2.45, 2.75) is 18.3 Å². The van der Waals surface area contributed by atoms with Gasteiger partial charge in [0.1, 0.15) is 11.4 Å². The maximum atomic E-state index is 12.6. The topological polar surface area (TPSA) is 49.9 Å². The maximum absolute atomic E-state index is 12.6. The Morgan fingerprint density at radius 2 is 2.19 bits per heavy atom. The van der Waals surface area contributed by atoms with Gasteiger partial charge in [-0.2, -0.15) is 11.3 Å². The highest BCUT2D eigenvalue weighted by atomic mass is 32.2. The molecule has 2 aliphatic heterocycles. The first kappa shape index (κ1) is 14.9.